The Morgan fingerprint density at radius 2 is 2.26 bits per heavy atom. The summed E-state index contributed by atoms with van der Waals surface area (Å²) in [4.78, 5) is 12.3. The molecule has 1 aromatic heterocycles. The number of thioether (sulfide) groups is 1. The van der Waals surface area contributed by atoms with Gasteiger partial charge in [-0.1, -0.05) is 0 Å². The number of aryl methyl sites for hydroxylation is 1. The summed E-state index contributed by atoms with van der Waals surface area (Å²) in [5.74, 6) is 2.46. The Labute approximate surface area is 116 Å². The van der Waals surface area contributed by atoms with Gasteiger partial charge in [0.2, 0.25) is 0 Å². The van der Waals surface area contributed by atoms with Crippen LogP contribution in [0.4, 0.5) is 0 Å². The van der Waals surface area contributed by atoms with E-state index in [-0.39, 0.29) is 11.9 Å². The summed E-state index contributed by atoms with van der Waals surface area (Å²) in [6, 6.07) is 1.92. The Morgan fingerprint density at radius 3 is 3.05 bits per heavy atom. The lowest BCUT2D eigenvalue weighted by Crippen LogP contribution is -2.50. The van der Waals surface area contributed by atoms with E-state index in [1.54, 1.807) is 18.0 Å². The van der Waals surface area contributed by atoms with Gasteiger partial charge < -0.3 is 14.8 Å². The standard InChI is InChI=1S/C14H19NO3S/c16-13(14(17)5-8-19-9-6-14)15-11-2-1-3-12-10(11)4-7-18-12/h4,7,11,17H,1-3,5-6,8-9H2,(H,15,16). The SMILES string of the molecule is O=C(NC1CCCc2occc21)C1(O)CCSCC1. The van der Waals surface area contributed by atoms with E-state index in [2.05, 4.69) is 5.32 Å². The van der Waals surface area contributed by atoms with Gasteiger partial charge in [0, 0.05) is 12.0 Å². The summed E-state index contributed by atoms with van der Waals surface area (Å²) >= 11 is 1.80. The monoisotopic (exact) mass is 281 g/mol. The molecule has 2 heterocycles. The molecule has 0 bridgehead atoms. The molecule has 1 aliphatic carbocycles. The molecule has 1 amide bonds. The summed E-state index contributed by atoms with van der Waals surface area (Å²) in [6.45, 7) is 0. The lowest BCUT2D eigenvalue weighted by molar-refractivity contribution is -0.141. The first-order valence-corrected chi connectivity index (χ1v) is 8.02. The lowest BCUT2D eigenvalue weighted by atomic mass is 9.91. The van der Waals surface area contributed by atoms with E-state index in [1.807, 2.05) is 6.07 Å². The van der Waals surface area contributed by atoms with E-state index >= 15 is 0 Å². The molecule has 3 rings (SSSR count). The third-order valence-corrected chi connectivity index (χ3v) is 5.09. The van der Waals surface area contributed by atoms with Gasteiger partial charge in [0.1, 0.15) is 11.4 Å². The highest BCUT2D eigenvalue weighted by atomic mass is 32.2. The molecule has 2 N–H and O–H groups in total. The maximum atomic E-state index is 12.3. The highest BCUT2D eigenvalue weighted by molar-refractivity contribution is 7.99. The minimum Gasteiger partial charge on any atom is -0.469 e. The molecule has 0 aromatic carbocycles. The van der Waals surface area contributed by atoms with Crippen LogP contribution < -0.4 is 5.32 Å². The average molecular weight is 281 g/mol. The first-order chi connectivity index (χ1) is 9.19. The van der Waals surface area contributed by atoms with Crippen molar-refractivity contribution < 1.29 is 14.3 Å². The maximum Gasteiger partial charge on any atom is 0.252 e. The van der Waals surface area contributed by atoms with Crippen LogP contribution in [0.5, 0.6) is 0 Å². The fraction of sp³-hybridized carbons (Fsp3) is 0.643. The number of nitrogens with one attached hydrogen (secondary N) is 1. The van der Waals surface area contributed by atoms with E-state index in [4.69, 9.17) is 4.42 Å². The predicted molar refractivity (Wildman–Crippen MR) is 74.0 cm³/mol. The van der Waals surface area contributed by atoms with Crippen molar-refractivity contribution in [3.05, 3.63) is 23.7 Å². The Hall–Kier alpha value is -0.940. The first kappa shape index (κ1) is 13.1. The van der Waals surface area contributed by atoms with Crippen LogP contribution in [-0.4, -0.2) is 28.1 Å². The van der Waals surface area contributed by atoms with Gasteiger partial charge in [0.25, 0.3) is 5.91 Å². The molecule has 1 aliphatic heterocycles. The molecule has 0 spiro atoms. The lowest BCUT2D eigenvalue weighted by Gasteiger charge is -2.33. The Morgan fingerprint density at radius 1 is 1.47 bits per heavy atom. The fourth-order valence-electron chi connectivity index (χ4n) is 2.87. The largest absolute Gasteiger partial charge is 0.469 e. The van der Waals surface area contributed by atoms with Gasteiger partial charge in [0.05, 0.1) is 12.3 Å². The Kier molecular flexibility index (Phi) is 3.58. The topological polar surface area (TPSA) is 62.5 Å². The normalized spacial score (nSPS) is 25.6. The van der Waals surface area contributed by atoms with E-state index in [1.165, 1.54) is 0 Å². The van der Waals surface area contributed by atoms with Gasteiger partial charge in [-0.3, -0.25) is 4.79 Å². The number of aliphatic hydroxyl groups is 1. The number of rotatable bonds is 2. The van der Waals surface area contributed by atoms with E-state index < -0.39 is 5.60 Å². The van der Waals surface area contributed by atoms with Crippen LogP contribution in [0, 0.1) is 0 Å². The zero-order valence-corrected chi connectivity index (χ0v) is 11.7. The number of hydrogen-bond donors (Lipinski definition) is 2. The molecule has 1 saturated heterocycles. The second kappa shape index (κ2) is 5.21. The van der Waals surface area contributed by atoms with Crippen LogP contribution in [0.3, 0.4) is 0 Å². The fourth-order valence-corrected chi connectivity index (χ4v) is 4.03. The molecular formula is C14H19NO3S. The Balaban J connectivity index is 1.71. The molecule has 0 radical (unpaired) electrons. The quantitative estimate of drug-likeness (QED) is 0.870. The Bertz CT molecular complexity index is 465. The van der Waals surface area contributed by atoms with Crippen molar-refractivity contribution in [2.24, 2.45) is 0 Å². The van der Waals surface area contributed by atoms with Crippen LogP contribution in [0.15, 0.2) is 16.7 Å². The molecule has 2 aliphatic rings. The molecule has 1 unspecified atom stereocenters. The average Bonchev–Trinajstić information content (AvgIpc) is 2.89. The van der Waals surface area contributed by atoms with Crippen LogP contribution in [0.2, 0.25) is 0 Å². The van der Waals surface area contributed by atoms with Crippen molar-refractivity contribution in [3.63, 3.8) is 0 Å². The van der Waals surface area contributed by atoms with Gasteiger partial charge in [-0.25, -0.2) is 0 Å². The van der Waals surface area contributed by atoms with Crippen molar-refractivity contribution in [1.82, 2.24) is 5.32 Å². The third kappa shape index (κ3) is 2.54. The zero-order chi connectivity index (χ0) is 13.3. The highest BCUT2D eigenvalue weighted by Crippen LogP contribution is 2.32. The molecule has 4 nitrogen and oxygen atoms in total. The van der Waals surface area contributed by atoms with E-state index in [0.29, 0.717) is 12.8 Å². The molecular weight excluding hydrogens is 262 g/mol. The summed E-state index contributed by atoms with van der Waals surface area (Å²) in [6.07, 6.45) is 5.66. The van der Waals surface area contributed by atoms with Crippen LogP contribution in [0.1, 0.15) is 43.0 Å². The molecule has 0 saturated carbocycles. The summed E-state index contributed by atoms with van der Waals surface area (Å²) in [7, 11) is 0. The third-order valence-electron chi connectivity index (χ3n) is 4.10. The number of fused-ring (bicyclic) bond motifs is 1. The van der Waals surface area contributed by atoms with Crippen LogP contribution in [-0.2, 0) is 11.2 Å². The minimum absolute atomic E-state index is 0.00592. The molecule has 1 fully saturated rings. The minimum atomic E-state index is -1.17. The van der Waals surface area contributed by atoms with Crippen molar-refractivity contribution >= 4 is 17.7 Å². The summed E-state index contributed by atoms with van der Waals surface area (Å²) < 4.78 is 5.42. The number of hydrogen-bond acceptors (Lipinski definition) is 4. The van der Waals surface area contributed by atoms with Crippen molar-refractivity contribution in [1.29, 1.82) is 0 Å². The van der Waals surface area contributed by atoms with Gasteiger partial charge in [-0.2, -0.15) is 11.8 Å². The summed E-state index contributed by atoms with van der Waals surface area (Å²) in [5.41, 5.74) is -0.0968. The van der Waals surface area contributed by atoms with Crippen LogP contribution in [0.25, 0.3) is 0 Å². The zero-order valence-electron chi connectivity index (χ0n) is 10.9. The highest BCUT2D eigenvalue weighted by Gasteiger charge is 2.39. The predicted octanol–water partition coefficient (Wildman–Crippen LogP) is 2.03. The number of amides is 1. The molecule has 1 atom stereocenters. The molecule has 5 heteroatoms. The number of furan rings is 1. The van der Waals surface area contributed by atoms with Crippen molar-refractivity contribution in [3.8, 4) is 0 Å². The van der Waals surface area contributed by atoms with Crippen molar-refractivity contribution in [2.45, 2.75) is 43.7 Å². The maximum absolute atomic E-state index is 12.3. The van der Waals surface area contributed by atoms with Gasteiger partial charge in [-0.15, -0.1) is 0 Å². The number of carbonyl (C=O) groups excluding carboxylic acids is 1. The number of carbonyl (C=O) groups is 1. The summed E-state index contributed by atoms with van der Waals surface area (Å²) in [5, 5.41) is 13.4. The van der Waals surface area contributed by atoms with E-state index in [9.17, 15) is 9.90 Å². The van der Waals surface area contributed by atoms with Gasteiger partial charge in [-0.05, 0) is 43.3 Å². The van der Waals surface area contributed by atoms with Gasteiger partial charge in [0.15, 0.2) is 0 Å². The van der Waals surface area contributed by atoms with Gasteiger partial charge >= 0.3 is 0 Å². The smallest absolute Gasteiger partial charge is 0.252 e. The van der Waals surface area contributed by atoms with E-state index in [0.717, 1.165) is 42.1 Å². The first-order valence-electron chi connectivity index (χ1n) is 6.86. The second-order valence-electron chi connectivity index (χ2n) is 5.36. The molecule has 19 heavy (non-hydrogen) atoms. The second-order valence-corrected chi connectivity index (χ2v) is 6.59. The van der Waals surface area contributed by atoms with Crippen LogP contribution >= 0.6 is 11.8 Å². The van der Waals surface area contributed by atoms with Crippen molar-refractivity contribution in [2.75, 3.05) is 11.5 Å². The molecule has 104 valence electrons. The molecule has 1 aromatic rings.